The second kappa shape index (κ2) is 6.08. The number of fused-ring (bicyclic) bond motifs is 1. The van der Waals surface area contributed by atoms with Crippen molar-refractivity contribution >= 4 is 18.7 Å². The van der Waals surface area contributed by atoms with Gasteiger partial charge in [-0.1, -0.05) is 81.4 Å². The maximum atomic E-state index is 7.22. The summed E-state index contributed by atoms with van der Waals surface area (Å²) in [5, 5.41) is 2.78. The summed E-state index contributed by atoms with van der Waals surface area (Å²) in [5.74, 6) is 1.37. The van der Waals surface area contributed by atoms with Crippen molar-refractivity contribution in [1.82, 2.24) is 0 Å². The molecule has 2 fully saturated rings. The Morgan fingerprint density at radius 3 is 1.72 bits per heavy atom. The van der Waals surface area contributed by atoms with Gasteiger partial charge < -0.3 is 10.2 Å². The summed E-state index contributed by atoms with van der Waals surface area (Å²) in [5.41, 5.74) is 6.35. The van der Waals surface area contributed by atoms with E-state index < -0.39 is 8.32 Å². The maximum absolute atomic E-state index is 7.22. The second-order valence-corrected chi connectivity index (χ2v) is 13.0. The van der Waals surface area contributed by atoms with E-state index in [1.807, 2.05) is 0 Å². The van der Waals surface area contributed by atoms with E-state index in [0.717, 1.165) is 6.42 Å². The number of hydrogen-bond acceptors (Lipinski definition) is 2. The van der Waals surface area contributed by atoms with Gasteiger partial charge in [0, 0.05) is 6.04 Å². The van der Waals surface area contributed by atoms with E-state index in [1.165, 1.54) is 16.8 Å². The van der Waals surface area contributed by atoms with E-state index in [2.05, 4.69) is 81.4 Å². The molecule has 2 saturated carbocycles. The molecule has 2 aliphatic carbocycles. The summed E-state index contributed by atoms with van der Waals surface area (Å²) in [6.07, 6.45) is 2.58. The molecule has 2 nitrogen and oxygen atoms in total. The molecule has 0 amide bonds. The van der Waals surface area contributed by atoms with Gasteiger partial charge in [0.25, 0.3) is 8.32 Å². The van der Waals surface area contributed by atoms with Gasteiger partial charge in [-0.2, -0.15) is 0 Å². The molecule has 4 rings (SSSR count). The van der Waals surface area contributed by atoms with Gasteiger partial charge >= 0.3 is 0 Å². The lowest BCUT2D eigenvalue weighted by atomic mass is 10.2. The Balaban J connectivity index is 1.84. The molecule has 0 saturated heterocycles. The normalized spacial score (nSPS) is 28.6. The Kier molecular flexibility index (Phi) is 4.14. The van der Waals surface area contributed by atoms with Crippen molar-refractivity contribution in [3.8, 4) is 0 Å². The van der Waals surface area contributed by atoms with Crippen molar-refractivity contribution in [1.29, 1.82) is 0 Å². The molecular weight excluding hydrogens is 322 g/mol. The van der Waals surface area contributed by atoms with Crippen LogP contribution in [0.3, 0.4) is 0 Å². The van der Waals surface area contributed by atoms with Crippen LogP contribution in [-0.4, -0.2) is 20.5 Å². The Labute approximate surface area is 152 Å². The lowest BCUT2D eigenvalue weighted by molar-refractivity contribution is 0.170. The molecule has 0 aliphatic heterocycles. The summed E-state index contributed by atoms with van der Waals surface area (Å²) >= 11 is 0. The van der Waals surface area contributed by atoms with Crippen molar-refractivity contribution in [2.24, 2.45) is 17.6 Å². The topological polar surface area (TPSA) is 35.2 Å². The van der Waals surface area contributed by atoms with Crippen LogP contribution < -0.4 is 16.1 Å². The van der Waals surface area contributed by atoms with Gasteiger partial charge in [0.2, 0.25) is 0 Å². The fourth-order valence-electron chi connectivity index (χ4n) is 4.83. The zero-order valence-corrected chi connectivity index (χ0v) is 16.5. The Morgan fingerprint density at radius 2 is 1.36 bits per heavy atom. The van der Waals surface area contributed by atoms with Gasteiger partial charge in [-0.05, 0) is 40.1 Å². The lowest BCUT2D eigenvalue weighted by Crippen LogP contribution is -2.67. The number of rotatable bonds is 4. The highest BCUT2D eigenvalue weighted by molar-refractivity contribution is 6.99. The molecule has 0 radical (unpaired) electrons. The van der Waals surface area contributed by atoms with Crippen LogP contribution in [0.1, 0.15) is 33.6 Å². The van der Waals surface area contributed by atoms with Gasteiger partial charge in [-0.15, -0.1) is 0 Å². The van der Waals surface area contributed by atoms with E-state index in [0.29, 0.717) is 24.0 Å². The number of nitrogens with two attached hydrogens (primary N) is 1. The van der Waals surface area contributed by atoms with Gasteiger partial charge in [-0.3, -0.25) is 0 Å². The second-order valence-electron chi connectivity index (χ2n) is 8.78. The molecule has 0 spiro atoms. The van der Waals surface area contributed by atoms with E-state index in [9.17, 15) is 0 Å². The summed E-state index contributed by atoms with van der Waals surface area (Å²) in [7, 11) is -2.41. The van der Waals surface area contributed by atoms with Crippen LogP contribution in [0.15, 0.2) is 60.7 Å². The SMILES string of the molecule is CC(C)(C)[Si](OC1CC(N)C2CC12)(c1ccccc1)c1ccccc1. The third-order valence-corrected chi connectivity index (χ3v) is 11.2. The third-order valence-electron chi connectivity index (χ3n) is 6.17. The molecule has 0 aromatic heterocycles. The van der Waals surface area contributed by atoms with Gasteiger partial charge in [-0.25, -0.2) is 0 Å². The van der Waals surface area contributed by atoms with E-state index >= 15 is 0 Å². The zero-order chi connectivity index (χ0) is 17.7. The van der Waals surface area contributed by atoms with Crippen LogP contribution in [-0.2, 0) is 4.43 Å². The van der Waals surface area contributed by atoms with Crippen LogP contribution in [0.25, 0.3) is 0 Å². The first kappa shape index (κ1) is 17.0. The number of benzene rings is 2. The van der Waals surface area contributed by atoms with Crippen LogP contribution in [0.5, 0.6) is 0 Å². The van der Waals surface area contributed by atoms with Crippen molar-refractivity contribution in [3.63, 3.8) is 0 Å². The molecule has 4 atom stereocenters. The Morgan fingerprint density at radius 1 is 0.840 bits per heavy atom. The molecule has 25 heavy (non-hydrogen) atoms. The van der Waals surface area contributed by atoms with Crippen LogP contribution in [0.2, 0.25) is 5.04 Å². The average molecular weight is 352 g/mol. The quantitative estimate of drug-likeness (QED) is 0.858. The molecule has 4 unspecified atom stereocenters. The number of hydrogen-bond donors (Lipinski definition) is 1. The average Bonchev–Trinajstić information content (AvgIpc) is 3.34. The third kappa shape index (κ3) is 2.79. The Bertz CT molecular complexity index is 685. The van der Waals surface area contributed by atoms with Crippen molar-refractivity contribution in [3.05, 3.63) is 60.7 Å². The molecule has 0 bridgehead atoms. The summed E-state index contributed by atoms with van der Waals surface area (Å²) in [4.78, 5) is 0. The predicted octanol–water partition coefficient (Wildman–Crippen LogP) is 3.30. The molecule has 2 aromatic rings. The maximum Gasteiger partial charge on any atom is 0.261 e. The van der Waals surface area contributed by atoms with Crippen LogP contribution in [0, 0.1) is 11.8 Å². The minimum absolute atomic E-state index is 0.0484. The van der Waals surface area contributed by atoms with E-state index in [1.54, 1.807) is 0 Å². The van der Waals surface area contributed by atoms with Crippen molar-refractivity contribution in [2.45, 2.75) is 50.8 Å². The van der Waals surface area contributed by atoms with Crippen molar-refractivity contribution in [2.75, 3.05) is 0 Å². The first-order valence-corrected chi connectivity index (χ1v) is 11.4. The fourth-order valence-corrected chi connectivity index (χ4v) is 9.57. The van der Waals surface area contributed by atoms with Gasteiger partial charge in [0.15, 0.2) is 0 Å². The predicted molar refractivity (Wildman–Crippen MR) is 107 cm³/mol. The van der Waals surface area contributed by atoms with Crippen molar-refractivity contribution < 1.29 is 4.43 Å². The molecule has 0 heterocycles. The standard InChI is InChI=1S/C22H29NOSi/c1-22(2,3)25(16-10-6-4-7-11-16,17-12-8-5-9-13-17)24-21-15-20(23)18-14-19(18)21/h4-13,18-21H,14-15,23H2,1-3H3. The first-order chi connectivity index (χ1) is 11.9. The highest BCUT2D eigenvalue weighted by atomic mass is 28.4. The molecule has 2 N–H and O–H groups in total. The van der Waals surface area contributed by atoms with Crippen LogP contribution >= 0.6 is 0 Å². The highest BCUT2D eigenvalue weighted by Gasteiger charge is 2.58. The van der Waals surface area contributed by atoms with Gasteiger partial charge in [0.1, 0.15) is 0 Å². The van der Waals surface area contributed by atoms with E-state index in [4.69, 9.17) is 10.2 Å². The van der Waals surface area contributed by atoms with Gasteiger partial charge in [0.05, 0.1) is 6.10 Å². The molecule has 132 valence electrons. The summed E-state index contributed by atoms with van der Waals surface area (Å²) in [6.45, 7) is 7.04. The Hall–Kier alpha value is -1.42. The fraction of sp³-hybridized carbons (Fsp3) is 0.455. The van der Waals surface area contributed by atoms with E-state index in [-0.39, 0.29) is 5.04 Å². The minimum Gasteiger partial charge on any atom is -0.404 e. The summed E-state index contributed by atoms with van der Waals surface area (Å²) < 4.78 is 7.22. The zero-order valence-electron chi connectivity index (χ0n) is 15.5. The lowest BCUT2D eigenvalue weighted by Gasteiger charge is -2.45. The molecular formula is C22H29NOSi. The van der Waals surface area contributed by atoms with Crippen LogP contribution in [0.4, 0.5) is 0 Å². The molecule has 2 aliphatic rings. The largest absolute Gasteiger partial charge is 0.404 e. The smallest absolute Gasteiger partial charge is 0.261 e. The minimum atomic E-state index is -2.41. The summed E-state index contributed by atoms with van der Waals surface area (Å²) in [6, 6.07) is 22.2. The first-order valence-electron chi connectivity index (χ1n) is 9.48. The highest BCUT2D eigenvalue weighted by Crippen LogP contribution is 2.54. The monoisotopic (exact) mass is 351 g/mol. The molecule has 2 aromatic carbocycles. The molecule has 3 heteroatoms.